The first-order chi connectivity index (χ1) is 8.63. The van der Waals surface area contributed by atoms with Gasteiger partial charge in [-0.25, -0.2) is 4.98 Å². The van der Waals surface area contributed by atoms with Gasteiger partial charge in [0.05, 0.1) is 10.4 Å². The fourth-order valence-electron chi connectivity index (χ4n) is 1.55. The molecule has 18 heavy (non-hydrogen) atoms. The number of nitrogens with zero attached hydrogens (tertiary/aromatic N) is 2. The lowest BCUT2D eigenvalue weighted by Gasteiger charge is -2.01. The summed E-state index contributed by atoms with van der Waals surface area (Å²) < 4.78 is 0. The molecule has 0 spiro atoms. The smallest absolute Gasteiger partial charge is 0.258 e. The van der Waals surface area contributed by atoms with Crippen LogP contribution in [0.15, 0.2) is 24.4 Å². The highest BCUT2D eigenvalue weighted by Crippen LogP contribution is 2.31. The van der Waals surface area contributed by atoms with E-state index in [2.05, 4.69) is 16.8 Å². The van der Waals surface area contributed by atoms with Crippen LogP contribution in [-0.2, 0) is 0 Å². The van der Waals surface area contributed by atoms with Crippen LogP contribution in [0.25, 0.3) is 10.9 Å². The number of halogens is 1. The summed E-state index contributed by atoms with van der Waals surface area (Å²) >= 11 is 6.01. The molecule has 0 fully saturated rings. The van der Waals surface area contributed by atoms with Gasteiger partial charge in [0, 0.05) is 17.4 Å². The summed E-state index contributed by atoms with van der Waals surface area (Å²) in [6.07, 6.45) is 1.92. The Kier molecular flexibility index (Phi) is 3.45. The molecule has 0 aliphatic rings. The number of pyridine rings is 1. The van der Waals surface area contributed by atoms with Crippen LogP contribution in [0.4, 0.5) is 5.69 Å². The quantitative estimate of drug-likeness (QED) is 0.447. The molecule has 0 saturated heterocycles. The maximum absolute atomic E-state index is 10.8. The minimum Gasteiger partial charge on any atom is -0.258 e. The van der Waals surface area contributed by atoms with Crippen LogP contribution in [0, 0.1) is 22.0 Å². The van der Waals surface area contributed by atoms with Crippen LogP contribution < -0.4 is 0 Å². The highest BCUT2D eigenvalue weighted by atomic mass is 35.5. The first-order valence-corrected chi connectivity index (χ1v) is 5.72. The van der Waals surface area contributed by atoms with Gasteiger partial charge in [-0.2, -0.15) is 0 Å². The van der Waals surface area contributed by atoms with Gasteiger partial charge in [0.2, 0.25) is 0 Å². The molecule has 4 nitrogen and oxygen atoms in total. The van der Waals surface area contributed by atoms with E-state index in [9.17, 15) is 10.1 Å². The van der Waals surface area contributed by atoms with Gasteiger partial charge in [-0.05, 0) is 18.2 Å². The number of rotatable bonds is 1. The molecule has 1 aromatic heterocycles. The Morgan fingerprint density at radius 2 is 2.28 bits per heavy atom. The van der Waals surface area contributed by atoms with Gasteiger partial charge in [0.1, 0.15) is 11.2 Å². The molecule has 1 aromatic carbocycles. The molecule has 0 aliphatic heterocycles. The molecule has 0 N–H and O–H groups in total. The molecule has 0 aliphatic carbocycles. The lowest BCUT2D eigenvalue weighted by molar-refractivity contribution is -0.384. The number of nitro groups is 1. The Bertz CT molecular complexity index is 686. The summed E-state index contributed by atoms with van der Waals surface area (Å²) in [5.41, 5.74) is 1.20. The predicted molar refractivity (Wildman–Crippen MR) is 70.6 cm³/mol. The van der Waals surface area contributed by atoms with Gasteiger partial charge in [-0.3, -0.25) is 10.1 Å². The molecule has 1 heterocycles. The highest BCUT2D eigenvalue weighted by Gasteiger charge is 2.15. The van der Waals surface area contributed by atoms with E-state index in [1.807, 2.05) is 13.0 Å². The largest absolute Gasteiger partial charge is 0.306 e. The summed E-state index contributed by atoms with van der Waals surface area (Å²) in [6, 6.07) is 5.30. The lowest BCUT2D eigenvalue weighted by atomic mass is 10.1. The predicted octanol–water partition coefficient (Wildman–Crippen LogP) is 3.56. The van der Waals surface area contributed by atoms with Gasteiger partial charge in [0.25, 0.3) is 0 Å². The van der Waals surface area contributed by atoms with Gasteiger partial charge in [-0.15, -0.1) is 0 Å². The normalized spacial score (nSPS) is 9.89. The van der Waals surface area contributed by atoms with Crippen molar-refractivity contribution in [2.75, 3.05) is 0 Å². The molecule has 0 bridgehead atoms. The Balaban J connectivity index is 2.66. The van der Waals surface area contributed by atoms with Crippen LogP contribution in [0.2, 0.25) is 5.02 Å². The van der Waals surface area contributed by atoms with E-state index in [0.29, 0.717) is 10.9 Å². The zero-order chi connectivity index (χ0) is 13.1. The van der Waals surface area contributed by atoms with Crippen molar-refractivity contribution in [2.24, 2.45) is 0 Å². The minimum atomic E-state index is -0.542. The van der Waals surface area contributed by atoms with E-state index in [1.54, 1.807) is 12.1 Å². The van der Waals surface area contributed by atoms with Crippen LogP contribution >= 0.6 is 11.6 Å². The number of hydrogen-bond acceptors (Lipinski definition) is 3. The Morgan fingerprint density at radius 1 is 1.50 bits per heavy atom. The number of aromatic nitrogens is 1. The summed E-state index contributed by atoms with van der Waals surface area (Å²) in [5, 5.41) is 11.4. The zero-order valence-corrected chi connectivity index (χ0v) is 10.4. The van der Waals surface area contributed by atoms with Crippen molar-refractivity contribution in [1.82, 2.24) is 4.98 Å². The van der Waals surface area contributed by atoms with E-state index in [-0.39, 0.29) is 10.7 Å². The monoisotopic (exact) mass is 260 g/mol. The first-order valence-electron chi connectivity index (χ1n) is 5.35. The van der Waals surface area contributed by atoms with E-state index in [0.717, 1.165) is 12.0 Å². The van der Waals surface area contributed by atoms with Gasteiger partial charge >= 0.3 is 5.69 Å². The molecule has 0 radical (unpaired) electrons. The summed E-state index contributed by atoms with van der Waals surface area (Å²) in [4.78, 5) is 14.2. The third-order valence-corrected chi connectivity index (χ3v) is 2.79. The first kappa shape index (κ1) is 12.3. The van der Waals surface area contributed by atoms with Gasteiger partial charge in [-0.1, -0.05) is 30.4 Å². The minimum absolute atomic E-state index is 0.102. The summed E-state index contributed by atoms with van der Waals surface area (Å²) in [6.45, 7) is 1.95. The van der Waals surface area contributed by atoms with Crippen molar-refractivity contribution in [2.45, 2.75) is 13.3 Å². The fourth-order valence-corrected chi connectivity index (χ4v) is 1.81. The van der Waals surface area contributed by atoms with Crippen molar-refractivity contribution >= 4 is 28.2 Å². The lowest BCUT2D eigenvalue weighted by Crippen LogP contribution is -1.92. The summed E-state index contributed by atoms with van der Waals surface area (Å²) in [7, 11) is 0. The second-order valence-corrected chi connectivity index (χ2v) is 3.98. The Morgan fingerprint density at radius 3 is 2.94 bits per heavy atom. The maximum Gasteiger partial charge on any atom is 0.306 e. The van der Waals surface area contributed by atoms with Crippen LogP contribution in [0.3, 0.4) is 0 Å². The molecular weight excluding hydrogens is 252 g/mol. The molecule has 0 amide bonds. The average molecular weight is 261 g/mol. The third-order valence-electron chi connectivity index (χ3n) is 2.39. The molecule has 5 heteroatoms. The summed E-state index contributed by atoms with van der Waals surface area (Å²) in [5.74, 6) is 5.89. The SMILES string of the molecule is CCC#Cc1ccc2ncc([N+](=O)[O-])c(Cl)c2c1. The van der Waals surface area contributed by atoms with Crippen LogP contribution in [-0.4, -0.2) is 9.91 Å². The molecule has 2 rings (SSSR count). The molecule has 90 valence electrons. The topological polar surface area (TPSA) is 56.0 Å². The molecule has 0 atom stereocenters. The van der Waals surface area contributed by atoms with Crippen molar-refractivity contribution in [1.29, 1.82) is 0 Å². The van der Waals surface area contributed by atoms with Crippen LogP contribution in [0.1, 0.15) is 18.9 Å². The molecular formula is C13H9ClN2O2. The van der Waals surface area contributed by atoms with Crippen molar-refractivity contribution < 1.29 is 4.92 Å². The van der Waals surface area contributed by atoms with Gasteiger partial charge < -0.3 is 0 Å². The average Bonchev–Trinajstić information content (AvgIpc) is 2.36. The standard InChI is InChI=1S/C13H9ClN2O2/c1-2-3-4-9-5-6-11-10(7-9)13(14)12(8-15-11)16(17)18/h5-8H,2H2,1H3. The Hall–Kier alpha value is -2.12. The number of fused-ring (bicyclic) bond motifs is 1. The second-order valence-electron chi connectivity index (χ2n) is 3.60. The Labute approximate surface area is 109 Å². The molecule has 2 aromatic rings. The second kappa shape index (κ2) is 5.03. The molecule has 0 unspecified atom stereocenters. The van der Waals surface area contributed by atoms with E-state index in [1.165, 1.54) is 6.20 Å². The van der Waals surface area contributed by atoms with E-state index < -0.39 is 4.92 Å². The number of hydrogen-bond donors (Lipinski definition) is 0. The third kappa shape index (κ3) is 2.27. The number of benzene rings is 1. The maximum atomic E-state index is 10.8. The van der Waals surface area contributed by atoms with Crippen molar-refractivity contribution in [3.05, 3.63) is 45.1 Å². The molecule has 0 saturated carbocycles. The van der Waals surface area contributed by atoms with Crippen LogP contribution in [0.5, 0.6) is 0 Å². The fraction of sp³-hybridized carbons (Fsp3) is 0.154. The van der Waals surface area contributed by atoms with E-state index >= 15 is 0 Å². The van der Waals surface area contributed by atoms with Gasteiger partial charge in [0.15, 0.2) is 0 Å². The van der Waals surface area contributed by atoms with E-state index in [4.69, 9.17) is 11.6 Å². The highest BCUT2D eigenvalue weighted by molar-refractivity contribution is 6.37. The van der Waals surface area contributed by atoms with Crippen molar-refractivity contribution in [3.63, 3.8) is 0 Å². The van der Waals surface area contributed by atoms with Crippen molar-refractivity contribution in [3.8, 4) is 11.8 Å². The zero-order valence-electron chi connectivity index (χ0n) is 9.61.